The fraction of sp³-hybridized carbons (Fsp3) is 0.222. The number of aryl methyl sites for hydroxylation is 1. The molecule has 0 aliphatic carbocycles. The van der Waals surface area contributed by atoms with E-state index in [1.54, 1.807) is 36.4 Å². The molecule has 0 saturated carbocycles. The molecular formula is C18H18O5. The lowest BCUT2D eigenvalue weighted by atomic mass is 10.1. The lowest BCUT2D eigenvalue weighted by molar-refractivity contribution is 0.0388. The van der Waals surface area contributed by atoms with Crippen LogP contribution >= 0.6 is 0 Å². The molecule has 0 aromatic heterocycles. The van der Waals surface area contributed by atoms with Gasteiger partial charge in [0, 0.05) is 7.11 Å². The molecule has 0 atom stereocenters. The van der Waals surface area contributed by atoms with Crippen LogP contribution in [0.4, 0.5) is 0 Å². The summed E-state index contributed by atoms with van der Waals surface area (Å²) in [6.07, 6.45) is 0. The van der Waals surface area contributed by atoms with Gasteiger partial charge in [-0.2, -0.15) is 0 Å². The smallest absolute Gasteiger partial charge is 0.343 e. The van der Waals surface area contributed by atoms with E-state index in [2.05, 4.69) is 0 Å². The number of hydrogen-bond donors (Lipinski definition) is 0. The Bertz CT molecular complexity index is 659. The molecule has 0 aliphatic heterocycles. The first-order valence-electron chi connectivity index (χ1n) is 7.15. The van der Waals surface area contributed by atoms with Crippen molar-refractivity contribution in [2.75, 3.05) is 20.3 Å². The minimum atomic E-state index is -0.446. The van der Waals surface area contributed by atoms with Gasteiger partial charge in [-0.1, -0.05) is 17.7 Å². The van der Waals surface area contributed by atoms with E-state index in [1.807, 2.05) is 19.1 Å². The second-order valence-electron chi connectivity index (χ2n) is 4.91. The lowest BCUT2D eigenvalue weighted by Crippen LogP contribution is -2.10. The summed E-state index contributed by atoms with van der Waals surface area (Å²) in [7, 11) is 1.53. The molecule has 0 spiro atoms. The Labute approximate surface area is 134 Å². The zero-order valence-electron chi connectivity index (χ0n) is 13.1. The Balaban J connectivity index is 1.95. The summed E-state index contributed by atoms with van der Waals surface area (Å²) in [4.78, 5) is 23.7. The number of hydrogen-bond acceptors (Lipinski definition) is 5. The van der Waals surface area contributed by atoms with Gasteiger partial charge in [-0.15, -0.1) is 0 Å². The van der Waals surface area contributed by atoms with Crippen molar-refractivity contribution in [3.63, 3.8) is 0 Å². The molecule has 0 heterocycles. The second kappa shape index (κ2) is 8.10. The van der Waals surface area contributed by atoms with Crippen molar-refractivity contribution in [1.29, 1.82) is 0 Å². The molecule has 0 bridgehead atoms. The maximum absolute atomic E-state index is 12.0. The van der Waals surface area contributed by atoms with Crippen molar-refractivity contribution >= 4 is 11.9 Å². The first kappa shape index (κ1) is 16.7. The molecule has 0 N–H and O–H groups in total. The topological polar surface area (TPSA) is 61.8 Å². The minimum absolute atomic E-state index is 0.194. The molecule has 120 valence electrons. The summed E-state index contributed by atoms with van der Waals surface area (Å²) in [6.45, 7) is 2.48. The van der Waals surface area contributed by atoms with Crippen LogP contribution in [-0.2, 0) is 9.47 Å². The maximum Gasteiger partial charge on any atom is 0.343 e. The molecule has 0 saturated heterocycles. The standard InChI is InChI=1S/C18H18O5/c1-13-3-5-15(6-4-13)18(20)23-16-9-7-14(8-10-16)17(19)22-12-11-21-2/h3-10H,11-12H2,1-2H3. The number of esters is 2. The summed E-state index contributed by atoms with van der Waals surface area (Å²) in [6, 6.07) is 13.3. The Morgan fingerprint density at radius 1 is 0.826 bits per heavy atom. The molecule has 0 amide bonds. The summed E-state index contributed by atoms with van der Waals surface area (Å²) in [5.41, 5.74) is 1.92. The van der Waals surface area contributed by atoms with Crippen LogP contribution in [0.2, 0.25) is 0 Å². The molecule has 0 radical (unpaired) electrons. The van der Waals surface area contributed by atoms with E-state index in [0.29, 0.717) is 23.5 Å². The number of rotatable bonds is 6. The van der Waals surface area contributed by atoms with Crippen LogP contribution in [0.3, 0.4) is 0 Å². The number of benzene rings is 2. The molecule has 2 aromatic rings. The van der Waals surface area contributed by atoms with Gasteiger partial charge in [-0.3, -0.25) is 0 Å². The maximum atomic E-state index is 12.0. The van der Waals surface area contributed by atoms with E-state index in [4.69, 9.17) is 14.2 Å². The van der Waals surface area contributed by atoms with Gasteiger partial charge in [0.2, 0.25) is 0 Å². The van der Waals surface area contributed by atoms with Crippen molar-refractivity contribution in [3.8, 4) is 5.75 Å². The van der Waals surface area contributed by atoms with Gasteiger partial charge in [-0.05, 0) is 43.3 Å². The number of ether oxygens (including phenoxy) is 3. The quantitative estimate of drug-likeness (QED) is 0.466. The first-order valence-corrected chi connectivity index (χ1v) is 7.15. The molecule has 5 heteroatoms. The predicted molar refractivity (Wildman–Crippen MR) is 84.7 cm³/mol. The van der Waals surface area contributed by atoms with Gasteiger partial charge in [0.15, 0.2) is 0 Å². The molecule has 23 heavy (non-hydrogen) atoms. The monoisotopic (exact) mass is 314 g/mol. The Morgan fingerprint density at radius 3 is 2.00 bits per heavy atom. The fourth-order valence-electron chi connectivity index (χ4n) is 1.82. The highest BCUT2D eigenvalue weighted by molar-refractivity contribution is 5.92. The first-order chi connectivity index (χ1) is 11.1. The highest BCUT2D eigenvalue weighted by Crippen LogP contribution is 2.15. The van der Waals surface area contributed by atoms with Gasteiger partial charge < -0.3 is 14.2 Å². The summed E-state index contributed by atoms with van der Waals surface area (Å²) < 4.78 is 15.1. The Kier molecular flexibility index (Phi) is 5.88. The van der Waals surface area contributed by atoms with Crippen molar-refractivity contribution in [2.45, 2.75) is 6.92 Å². The third-order valence-electron chi connectivity index (χ3n) is 3.11. The highest BCUT2D eigenvalue weighted by atomic mass is 16.6. The lowest BCUT2D eigenvalue weighted by Gasteiger charge is -2.06. The molecule has 2 rings (SSSR count). The largest absolute Gasteiger partial charge is 0.460 e. The van der Waals surface area contributed by atoms with E-state index < -0.39 is 11.9 Å². The fourth-order valence-corrected chi connectivity index (χ4v) is 1.82. The van der Waals surface area contributed by atoms with Crippen LogP contribution in [0, 0.1) is 6.92 Å². The Hall–Kier alpha value is -2.66. The normalized spacial score (nSPS) is 10.2. The molecule has 2 aromatic carbocycles. The van der Waals surface area contributed by atoms with E-state index in [1.165, 1.54) is 7.11 Å². The minimum Gasteiger partial charge on any atom is -0.460 e. The van der Waals surface area contributed by atoms with Crippen molar-refractivity contribution < 1.29 is 23.8 Å². The second-order valence-corrected chi connectivity index (χ2v) is 4.91. The molecule has 0 unspecified atom stereocenters. The molecule has 0 aliphatic rings. The van der Waals surface area contributed by atoms with Crippen LogP contribution in [0.15, 0.2) is 48.5 Å². The zero-order valence-corrected chi connectivity index (χ0v) is 13.1. The van der Waals surface area contributed by atoms with E-state index in [9.17, 15) is 9.59 Å². The van der Waals surface area contributed by atoms with Crippen molar-refractivity contribution in [3.05, 3.63) is 65.2 Å². The summed E-state index contributed by atoms with van der Waals surface area (Å²) in [5.74, 6) is -0.525. The van der Waals surface area contributed by atoms with Crippen LogP contribution in [0.5, 0.6) is 5.75 Å². The third kappa shape index (κ3) is 4.93. The molecule has 0 fully saturated rings. The number of carbonyl (C=O) groups is 2. The molecule has 5 nitrogen and oxygen atoms in total. The highest BCUT2D eigenvalue weighted by Gasteiger charge is 2.10. The van der Waals surface area contributed by atoms with E-state index in [-0.39, 0.29) is 6.61 Å². The van der Waals surface area contributed by atoms with E-state index >= 15 is 0 Å². The van der Waals surface area contributed by atoms with E-state index in [0.717, 1.165) is 5.56 Å². The SMILES string of the molecule is COCCOC(=O)c1ccc(OC(=O)c2ccc(C)cc2)cc1. The summed E-state index contributed by atoms with van der Waals surface area (Å²) >= 11 is 0. The number of carbonyl (C=O) groups excluding carboxylic acids is 2. The summed E-state index contributed by atoms with van der Waals surface area (Å²) in [5, 5.41) is 0. The van der Waals surface area contributed by atoms with Gasteiger partial charge in [-0.25, -0.2) is 9.59 Å². The van der Waals surface area contributed by atoms with Crippen molar-refractivity contribution in [2.24, 2.45) is 0 Å². The van der Waals surface area contributed by atoms with Crippen LogP contribution in [0.1, 0.15) is 26.3 Å². The number of methoxy groups -OCH3 is 1. The van der Waals surface area contributed by atoms with Gasteiger partial charge in [0.1, 0.15) is 12.4 Å². The van der Waals surface area contributed by atoms with Crippen molar-refractivity contribution in [1.82, 2.24) is 0 Å². The van der Waals surface area contributed by atoms with Crippen LogP contribution < -0.4 is 4.74 Å². The van der Waals surface area contributed by atoms with Crippen LogP contribution in [0.25, 0.3) is 0 Å². The molecular weight excluding hydrogens is 296 g/mol. The van der Waals surface area contributed by atoms with Gasteiger partial charge in [0.25, 0.3) is 0 Å². The average Bonchev–Trinajstić information content (AvgIpc) is 2.56. The predicted octanol–water partition coefficient (Wildman–Crippen LogP) is 3.02. The van der Waals surface area contributed by atoms with Gasteiger partial charge >= 0.3 is 11.9 Å². The van der Waals surface area contributed by atoms with Crippen LogP contribution in [-0.4, -0.2) is 32.3 Å². The Morgan fingerprint density at radius 2 is 1.39 bits per heavy atom. The average molecular weight is 314 g/mol. The zero-order chi connectivity index (χ0) is 16.7. The third-order valence-corrected chi connectivity index (χ3v) is 3.11. The van der Waals surface area contributed by atoms with Gasteiger partial charge in [0.05, 0.1) is 17.7 Å².